The molecule has 2 unspecified atom stereocenters. The molecule has 0 aliphatic heterocycles. The lowest BCUT2D eigenvalue weighted by atomic mass is 10.0. The Labute approximate surface area is 337 Å². The van der Waals surface area contributed by atoms with Crippen LogP contribution in [0.3, 0.4) is 0 Å². The third kappa shape index (κ3) is 43.2. The van der Waals surface area contributed by atoms with Crippen molar-refractivity contribution in [3.8, 4) is 0 Å². The van der Waals surface area contributed by atoms with Crippen molar-refractivity contribution in [2.45, 2.75) is 213 Å². The van der Waals surface area contributed by atoms with Gasteiger partial charge in [0.15, 0.2) is 0 Å². The molecular formula is C45H84NO8P. The lowest BCUT2D eigenvalue weighted by Crippen LogP contribution is -2.27. The number of nitrogens with one attached hydrogen (secondary N) is 1. The van der Waals surface area contributed by atoms with Crippen molar-refractivity contribution in [1.82, 2.24) is 5.32 Å². The van der Waals surface area contributed by atoms with E-state index in [0.717, 1.165) is 70.6 Å². The predicted octanol–water partition coefficient (Wildman–Crippen LogP) is 12.6. The van der Waals surface area contributed by atoms with Crippen LogP contribution in [0.5, 0.6) is 0 Å². The quantitative estimate of drug-likeness (QED) is 0.0241. The first-order chi connectivity index (χ1) is 26.8. The van der Waals surface area contributed by atoms with Crippen LogP contribution in [0.2, 0.25) is 0 Å². The van der Waals surface area contributed by atoms with Crippen LogP contribution in [0.1, 0.15) is 206 Å². The van der Waals surface area contributed by atoms with Crippen molar-refractivity contribution in [3.05, 3.63) is 36.5 Å². The first-order valence-electron chi connectivity index (χ1n) is 22.5. The van der Waals surface area contributed by atoms with E-state index in [1.807, 2.05) is 0 Å². The molecule has 322 valence electrons. The summed E-state index contributed by atoms with van der Waals surface area (Å²) in [5.74, 6) is -0.529. The maximum absolute atomic E-state index is 12.1. The summed E-state index contributed by atoms with van der Waals surface area (Å²) < 4.78 is 26.9. The summed E-state index contributed by atoms with van der Waals surface area (Å²) in [6.07, 6.45) is 46.5. The lowest BCUT2D eigenvalue weighted by Gasteiger charge is -2.15. The number of esters is 1. The Balaban J connectivity index is 3.57. The SMILES string of the molecule is CCC/C=C\C/C=C\CCCCCCCC(=O)OCC(O)COP(=O)(O)OCCNC(=O)CCCCCCCCCCCCC/C=C/CCCCCCCC. The van der Waals surface area contributed by atoms with E-state index >= 15 is 0 Å². The number of carbonyl (C=O) groups excluding carboxylic acids is 2. The second-order valence-corrected chi connectivity index (χ2v) is 16.5. The zero-order chi connectivity index (χ0) is 40.3. The minimum atomic E-state index is -4.42. The summed E-state index contributed by atoms with van der Waals surface area (Å²) in [6.45, 7) is 3.48. The third-order valence-corrected chi connectivity index (χ3v) is 10.5. The summed E-state index contributed by atoms with van der Waals surface area (Å²) in [5, 5.41) is 12.7. The fraction of sp³-hybridized carbons (Fsp3) is 0.822. The number of amides is 1. The Morgan fingerprint density at radius 2 is 1.02 bits per heavy atom. The Hall–Kier alpha value is -1.77. The number of carbonyl (C=O) groups is 2. The zero-order valence-corrected chi connectivity index (χ0v) is 36.3. The van der Waals surface area contributed by atoms with Gasteiger partial charge in [-0.1, -0.05) is 166 Å². The number of phosphoric acid groups is 1. The van der Waals surface area contributed by atoms with Crippen LogP contribution in [0.25, 0.3) is 0 Å². The molecule has 0 aliphatic rings. The van der Waals surface area contributed by atoms with E-state index in [0.29, 0.717) is 6.42 Å². The third-order valence-electron chi connectivity index (χ3n) is 9.52. The van der Waals surface area contributed by atoms with E-state index < -0.39 is 26.5 Å². The Bertz CT molecular complexity index is 1000. The van der Waals surface area contributed by atoms with Crippen molar-refractivity contribution in [2.24, 2.45) is 0 Å². The minimum absolute atomic E-state index is 0.0803. The number of allylic oxidation sites excluding steroid dienone is 6. The van der Waals surface area contributed by atoms with Gasteiger partial charge < -0.3 is 20.1 Å². The molecule has 0 aromatic rings. The first kappa shape index (κ1) is 53.2. The molecule has 1 amide bonds. The molecule has 0 spiro atoms. The van der Waals surface area contributed by atoms with Gasteiger partial charge in [-0.3, -0.25) is 18.6 Å². The van der Waals surface area contributed by atoms with Gasteiger partial charge in [0.05, 0.1) is 13.2 Å². The Kier molecular flexibility index (Phi) is 40.5. The minimum Gasteiger partial charge on any atom is -0.463 e. The molecule has 10 heteroatoms. The highest BCUT2D eigenvalue weighted by Gasteiger charge is 2.23. The number of ether oxygens (including phenoxy) is 1. The normalized spacial score (nSPS) is 13.6. The highest BCUT2D eigenvalue weighted by molar-refractivity contribution is 7.47. The van der Waals surface area contributed by atoms with Crippen molar-refractivity contribution < 1.29 is 37.9 Å². The molecule has 9 nitrogen and oxygen atoms in total. The van der Waals surface area contributed by atoms with Gasteiger partial charge in [-0.05, 0) is 64.2 Å². The summed E-state index contributed by atoms with van der Waals surface area (Å²) >= 11 is 0. The van der Waals surface area contributed by atoms with E-state index in [1.54, 1.807) is 0 Å². The molecule has 0 fully saturated rings. The van der Waals surface area contributed by atoms with Crippen LogP contribution in [-0.4, -0.2) is 54.3 Å². The maximum atomic E-state index is 12.1. The van der Waals surface area contributed by atoms with Gasteiger partial charge in [0.2, 0.25) is 5.91 Å². The molecule has 0 radical (unpaired) electrons. The van der Waals surface area contributed by atoms with Crippen molar-refractivity contribution in [1.29, 1.82) is 0 Å². The fourth-order valence-electron chi connectivity index (χ4n) is 6.12. The second kappa shape index (κ2) is 41.9. The van der Waals surface area contributed by atoms with E-state index in [1.165, 1.54) is 109 Å². The number of aliphatic hydroxyl groups excluding tert-OH is 1. The van der Waals surface area contributed by atoms with E-state index in [9.17, 15) is 24.2 Å². The molecule has 0 saturated carbocycles. The molecule has 0 aliphatic carbocycles. The number of phosphoric ester groups is 1. The monoisotopic (exact) mass is 798 g/mol. The molecule has 0 aromatic heterocycles. The zero-order valence-electron chi connectivity index (χ0n) is 35.4. The average molecular weight is 798 g/mol. The fourth-order valence-corrected chi connectivity index (χ4v) is 6.88. The molecular weight excluding hydrogens is 713 g/mol. The van der Waals surface area contributed by atoms with Crippen LogP contribution < -0.4 is 5.32 Å². The first-order valence-corrected chi connectivity index (χ1v) is 24.0. The maximum Gasteiger partial charge on any atom is 0.472 e. The summed E-state index contributed by atoms with van der Waals surface area (Å²) in [7, 11) is -4.42. The summed E-state index contributed by atoms with van der Waals surface area (Å²) in [4.78, 5) is 33.9. The molecule has 2 atom stereocenters. The van der Waals surface area contributed by atoms with Crippen LogP contribution >= 0.6 is 7.82 Å². The molecule has 0 aromatic carbocycles. The predicted molar refractivity (Wildman–Crippen MR) is 229 cm³/mol. The average Bonchev–Trinajstić information content (AvgIpc) is 3.17. The Morgan fingerprint density at radius 3 is 1.55 bits per heavy atom. The Morgan fingerprint density at radius 1 is 0.564 bits per heavy atom. The largest absolute Gasteiger partial charge is 0.472 e. The van der Waals surface area contributed by atoms with Crippen molar-refractivity contribution >= 4 is 19.7 Å². The summed E-state index contributed by atoms with van der Waals surface area (Å²) in [5.41, 5.74) is 0. The molecule has 3 N–H and O–H groups in total. The van der Waals surface area contributed by atoms with Gasteiger partial charge in [0.1, 0.15) is 12.7 Å². The molecule has 0 bridgehead atoms. The van der Waals surface area contributed by atoms with Gasteiger partial charge >= 0.3 is 13.8 Å². The second-order valence-electron chi connectivity index (χ2n) is 15.0. The van der Waals surface area contributed by atoms with Crippen LogP contribution in [-0.2, 0) is 27.9 Å². The van der Waals surface area contributed by atoms with E-state index in [2.05, 4.69) is 55.6 Å². The van der Waals surface area contributed by atoms with Crippen molar-refractivity contribution in [3.63, 3.8) is 0 Å². The van der Waals surface area contributed by atoms with Gasteiger partial charge in [0.25, 0.3) is 0 Å². The molecule has 0 heterocycles. The van der Waals surface area contributed by atoms with Crippen LogP contribution in [0.4, 0.5) is 0 Å². The number of unbranched alkanes of at least 4 members (excludes halogenated alkanes) is 23. The van der Waals surface area contributed by atoms with E-state index in [-0.39, 0.29) is 32.1 Å². The number of aliphatic hydroxyl groups is 1. The lowest BCUT2D eigenvalue weighted by molar-refractivity contribution is -0.147. The highest BCUT2D eigenvalue weighted by Crippen LogP contribution is 2.42. The molecule has 55 heavy (non-hydrogen) atoms. The van der Waals surface area contributed by atoms with Crippen LogP contribution in [0, 0.1) is 0 Å². The molecule has 0 rings (SSSR count). The topological polar surface area (TPSA) is 131 Å². The van der Waals surface area contributed by atoms with Crippen LogP contribution in [0.15, 0.2) is 36.5 Å². The number of rotatable bonds is 42. The van der Waals surface area contributed by atoms with E-state index in [4.69, 9.17) is 13.8 Å². The van der Waals surface area contributed by atoms with Gasteiger partial charge in [0, 0.05) is 19.4 Å². The van der Waals surface area contributed by atoms with Gasteiger partial charge in [-0.15, -0.1) is 0 Å². The van der Waals surface area contributed by atoms with Gasteiger partial charge in [-0.25, -0.2) is 4.57 Å². The van der Waals surface area contributed by atoms with Crippen molar-refractivity contribution in [2.75, 3.05) is 26.4 Å². The summed E-state index contributed by atoms with van der Waals surface area (Å²) in [6, 6.07) is 0. The highest BCUT2D eigenvalue weighted by atomic mass is 31.2. The number of hydrogen-bond acceptors (Lipinski definition) is 7. The number of hydrogen-bond donors (Lipinski definition) is 3. The smallest absolute Gasteiger partial charge is 0.463 e. The molecule has 0 saturated heterocycles. The standard InChI is InChI=1S/C45H84NO8P/c1-3-5-7-9-11-13-15-17-18-19-20-21-22-23-24-26-27-29-31-33-35-37-44(48)46-39-40-53-55(50,51)54-42-43(47)41-52-45(49)38-36-34-32-30-28-25-16-14-12-10-8-6-4-2/h8,10,14,16-18,43,47H,3-7,9,11-13,15,19-42H2,1-2H3,(H,46,48)(H,50,51)/b10-8-,16-14-,18-17+. The van der Waals surface area contributed by atoms with Gasteiger partial charge in [-0.2, -0.15) is 0 Å².